The molecule has 0 spiro atoms. The van der Waals surface area contributed by atoms with Crippen molar-refractivity contribution in [2.75, 3.05) is 13.2 Å². The number of alkyl carbamates (subject to hydrolysis) is 1. The van der Waals surface area contributed by atoms with Crippen LogP contribution in [-0.2, 0) is 11.2 Å². The van der Waals surface area contributed by atoms with Gasteiger partial charge in [-0.15, -0.1) is 11.3 Å². The Morgan fingerprint density at radius 2 is 2.14 bits per heavy atom. The Balaban J connectivity index is 2.72. The number of aromatic nitrogens is 1. The van der Waals surface area contributed by atoms with Gasteiger partial charge in [0.15, 0.2) is 0 Å². The number of nitrogens with zero attached hydrogens (tertiary/aromatic N) is 1. The number of amides is 1. The van der Waals surface area contributed by atoms with Gasteiger partial charge in [-0.05, 0) is 34.1 Å². The van der Waals surface area contributed by atoms with Crippen molar-refractivity contribution in [3.05, 3.63) is 16.1 Å². The highest BCUT2D eigenvalue weighted by atomic mass is 32.1. The van der Waals surface area contributed by atoms with Crippen LogP contribution >= 0.6 is 11.3 Å². The normalized spacial score (nSPS) is 14.5. The van der Waals surface area contributed by atoms with Crippen LogP contribution in [0.4, 0.5) is 4.79 Å². The highest BCUT2D eigenvalue weighted by molar-refractivity contribution is 7.09. The highest BCUT2D eigenvalue weighted by Crippen LogP contribution is 2.29. The molecule has 1 heterocycles. The summed E-state index contributed by atoms with van der Waals surface area (Å²) in [6.07, 6.45) is 1.96. The van der Waals surface area contributed by atoms with Gasteiger partial charge in [0.1, 0.15) is 5.60 Å². The van der Waals surface area contributed by atoms with Crippen LogP contribution in [0.2, 0.25) is 0 Å². The Labute approximate surface area is 137 Å². The summed E-state index contributed by atoms with van der Waals surface area (Å²) >= 11 is 1.60. The molecule has 126 valence electrons. The minimum absolute atomic E-state index is 0.00919. The maximum Gasteiger partial charge on any atom is 0.407 e. The maximum atomic E-state index is 11.9. The van der Waals surface area contributed by atoms with E-state index in [0.717, 1.165) is 23.5 Å². The fourth-order valence-corrected chi connectivity index (χ4v) is 3.28. The Morgan fingerprint density at radius 3 is 2.59 bits per heavy atom. The van der Waals surface area contributed by atoms with Gasteiger partial charge in [-0.3, -0.25) is 0 Å². The summed E-state index contributed by atoms with van der Waals surface area (Å²) in [4.78, 5) is 16.3. The third kappa shape index (κ3) is 6.32. The molecule has 0 aromatic carbocycles. The van der Waals surface area contributed by atoms with Gasteiger partial charge in [-0.1, -0.05) is 13.3 Å². The van der Waals surface area contributed by atoms with Gasteiger partial charge < -0.3 is 15.2 Å². The predicted octanol–water partition coefficient (Wildman–Crippen LogP) is 3.30. The number of hydrogen-bond acceptors (Lipinski definition) is 5. The molecule has 0 aliphatic carbocycles. The van der Waals surface area contributed by atoms with E-state index >= 15 is 0 Å². The van der Waals surface area contributed by atoms with E-state index in [-0.39, 0.29) is 6.61 Å². The van der Waals surface area contributed by atoms with Gasteiger partial charge in [0.2, 0.25) is 0 Å². The molecule has 0 aliphatic rings. The number of carbonyl (C=O) groups excluding carboxylic acids is 1. The second kappa shape index (κ2) is 7.92. The van der Waals surface area contributed by atoms with E-state index < -0.39 is 17.1 Å². The molecule has 22 heavy (non-hydrogen) atoms. The number of carbonyl (C=O) groups is 1. The zero-order chi connectivity index (χ0) is 16.8. The maximum absolute atomic E-state index is 11.9. The number of thiazole rings is 1. The first-order chi connectivity index (χ1) is 10.2. The van der Waals surface area contributed by atoms with Gasteiger partial charge in [0.25, 0.3) is 0 Å². The number of nitrogens with one attached hydrogen (secondary N) is 1. The van der Waals surface area contributed by atoms with Crippen LogP contribution in [-0.4, -0.2) is 34.9 Å². The topological polar surface area (TPSA) is 71.5 Å². The molecule has 0 fully saturated rings. The Morgan fingerprint density at radius 1 is 1.45 bits per heavy atom. The molecule has 1 unspecified atom stereocenters. The van der Waals surface area contributed by atoms with Crippen molar-refractivity contribution in [3.63, 3.8) is 0 Å². The molecule has 1 amide bonds. The summed E-state index contributed by atoms with van der Waals surface area (Å²) in [6, 6.07) is 0. The summed E-state index contributed by atoms with van der Waals surface area (Å²) in [5, 5.41) is 15.7. The number of hydrogen-bond donors (Lipinski definition) is 2. The molecule has 0 bridgehead atoms. The van der Waals surface area contributed by atoms with Crippen LogP contribution in [0.3, 0.4) is 0 Å². The number of aliphatic hydroxyl groups is 1. The molecule has 1 rings (SSSR count). The zero-order valence-corrected chi connectivity index (χ0v) is 15.0. The molecule has 5 nitrogen and oxygen atoms in total. The number of ether oxygens (including phenoxy) is 1. The Bertz CT molecular complexity index is 482. The van der Waals surface area contributed by atoms with E-state index in [2.05, 4.69) is 17.2 Å². The van der Waals surface area contributed by atoms with E-state index in [9.17, 15) is 9.90 Å². The quantitative estimate of drug-likeness (QED) is 0.805. The molecule has 0 aliphatic heterocycles. The first kappa shape index (κ1) is 18.9. The summed E-state index contributed by atoms with van der Waals surface area (Å²) < 4.78 is 5.27. The van der Waals surface area contributed by atoms with Crippen LogP contribution in [0.5, 0.6) is 0 Å². The SMILES string of the molecule is CCCC(CO)(CNC(=O)OC(C)(C)C)Cc1nc(C)cs1. The number of aliphatic hydroxyl groups excluding tert-OH is 1. The van der Waals surface area contributed by atoms with Crippen molar-refractivity contribution >= 4 is 17.4 Å². The lowest BCUT2D eigenvalue weighted by atomic mass is 9.81. The molecular formula is C16H28N2O3S. The first-order valence-corrected chi connectivity index (χ1v) is 8.56. The monoisotopic (exact) mass is 328 g/mol. The van der Waals surface area contributed by atoms with E-state index in [1.165, 1.54) is 0 Å². The fraction of sp³-hybridized carbons (Fsp3) is 0.750. The molecule has 2 N–H and O–H groups in total. The van der Waals surface area contributed by atoms with Gasteiger partial charge in [0, 0.05) is 29.5 Å². The van der Waals surface area contributed by atoms with E-state index in [1.807, 2.05) is 33.1 Å². The Hall–Kier alpha value is -1.14. The van der Waals surface area contributed by atoms with Crippen LogP contribution in [0.25, 0.3) is 0 Å². The van der Waals surface area contributed by atoms with Crippen molar-refractivity contribution < 1.29 is 14.6 Å². The molecule has 1 aromatic rings. The van der Waals surface area contributed by atoms with Crippen molar-refractivity contribution in [2.45, 2.75) is 59.5 Å². The summed E-state index contributed by atoms with van der Waals surface area (Å²) in [5.41, 5.74) is 0.0717. The van der Waals surface area contributed by atoms with Gasteiger partial charge in [0.05, 0.1) is 11.6 Å². The zero-order valence-electron chi connectivity index (χ0n) is 14.2. The average molecular weight is 328 g/mol. The predicted molar refractivity (Wildman–Crippen MR) is 89.2 cm³/mol. The van der Waals surface area contributed by atoms with Crippen LogP contribution in [0.15, 0.2) is 5.38 Å². The minimum Gasteiger partial charge on any atom is -0.444 e. The smallest absolute Gasteiger partial charge is 0.407 e. The van der Waals surface area contributed by atoms with Crippen molar-refractivity contribution in [1.29, 1.82) is 0 Å². The lowest BCUT2D eigenvalue weighted by molar-refractivity contribution is 0.0455. The summed E-state index contributed by atoms with van der Waals surface area (Å²) in [6.45, 7) is 9.91. The van der Waals surface area contributed by atoms with Gasteiger partial charge in [-0.25, -0.2) is 9.78 Å². The van der Waals surface area contributed by atoms with E-state index in [1.54, 1.807) is 11.3 Å². The largest absolute Gasteiger partial charge is 0.444 e. The second-order valence-electron chi connectivity index (χ2n) is 6.82. The molecule has 0 saturated heterocycles. The third-order valence-corrected chi connectivity index (χ3v) is 4.28. The number of aryl methyl sites for hydroxylation is 1. The molecule has 0 saturated carbocycles. The lowest BCUT2D eigenvalue weighted by Crippen LogP contribution is -2.43. The van der Waals surface area contributed by atoms with E-state index in [4.69, 9.17) is 4.74 Å². The summed E-state index contributed by atoms with van der Waals surface area (Å²) in [7, 11) is 0. The Kier molecular flexibility index (Phi) is 6.81. The summed E-state index contributed by atoms with van der Waals surface area (Å²) in [5.74, 6) is 0. The van der Waals surface area contributed by atoms with Gasteiger partial charge in [-0.2, -0.15) is 0 Å². The molecular weight excluding hydrogens is 300 g/mol. The molecule has 0 radical (unpaired) electrons. The van der Waals surface area contributed by atoms with Crippen molar-refractivity contribution in [2.24, 2.45) is 5.41 Å². The molecule has 1 atom stereocenters. The van der Waals surface area contributed by atoms with Gasteiger partial charge >= 0.3 is 6.09 Å². The third-order valence-electron chi connectivity index (χ3n) is 3.32. The number of rotatable bonds is 7. The molecule has 6 heteroatoms. The lowest BCUT2D eigenvalue weighted by Gasteiger charge is -2.31. The van der Waals surface area contributed by atoms with Crippen LogP contribution < -0.4 is 5.32 Å². The average Bonchev–Trinajstić information content (AvgIpc) is 2.79. The highest BCUT2D eigenvalue weighted by Gasteiger charge is 2.31. The van der Waals surface area contributed by atoms with Crippen molar-refractivity contribution in [1.82, 2.24) is 10.3 Å². The molecule has 1 aromatic heterocycles. The first-order valence-electron chi connectivity index (χ1n) is 7.68. The fourth-order valence-electron chi connectivity index (χ4n) is 2.34. The van der Waals surface area contributed by atoms with Crippen LogP contribution in [0, 0.1) is 12.3 Å². The second-order valence-corrected chi connectivity index (χ2v) is 7.77. The minimum atomic E-state index is -0.525. The van der Waals surface area contributed by atoms with E-state index in [0.29, 0.717) is 13.0 Å². The van der Waals surface area contributed by atoms with Crippen LogP contribution in [0.1, 0.15) is 51.2 Å². The standard InChI is InChI=1S/C16H28N2O3S/c1-6-7-16(11-19,8-13-18-12(2)9-22-13)10-17-14(20)21-15(3,4)5/h9,19H,6-8,10-11H2,1-5H3,(H,17,20). The van der Waals surface area contributed by atoms with Crippen molar-refractivity contribution in [3.8, 4) is 0 Å².